The molecule has 0 aromatic rings. The molecular formula is C15H27N3O4. The molecule has 2 rings (SSSR count). The number of nitrogens with zero attached hydrogens (tertiary/aromatic N) is 2. The summed E-state index contributed by atoms with van der Waals surface area (Å²) in [6.07, 6.45) is 0.538. The molecule has 0 aromatic heterocycles. The predicted molar refractivity (Wildman–Crippen MR) is 81.3 cm³/mol. The van der Waals surface area contributed by atoms with Gasteiger partial charge in [0.1, 0.15) is 11.6 Å². The number of carbonyl (C=O) groups is 2. The van der Waals surface area contributed by atoms with E-state index in [1.807, 2.05) is 6.92 Å². The van der Waals surface area contributed by atoms with Crippen LogP contribution >= 0.6 is 0 Å². The Kier molecular flexibility index (Phi) is 4.97. The molecule has 3 atom stereocenters. The first kappa shape index (κ1) is 17.0. The van der Waals surface area contributed by atoms with E-state index in [0.29, 0.717) is 19.7 Å². The molecule has 2 aliphatic rings. The number of fused-ring (bicyclic) bond motifs is 1. The summed E-state index contributed by atoms with van der Waals surface area (Å²) in [4.78, 5) is 27.8. The SMILES string of the molecule is CCO[C@@H]1C[C@@H]2CN(C(=O)OC(C)(C)C)[C@H](C(N)=O)CN2C1. The normalized spacial score (nSPS) is 29.3. The molecule has 2 saturated heterocycles. The van der Waals surface area contributed by atoms with E-state index in [-0.39, 0.29) is 12.1 Å². The van der Waals surface area contributed by atoms with Crippen LogP contribution in [0.25, 0.3) is 0 Å². The molecule has 7 nitrogen and oxygen atoms in total. The highest BCUT2D eigenvalue weighted by Crippen LogP contribution is 2.27. The Bertz CT molecular complexity index is 435. The van der Waals surface area contributed by atoms with Crippen LogP contribution in [0.3, 0.4) is 0 Å². The molecule has 0 aromatic carbocycles. The van der Waals surface area contributed by atoms with Gasteiger partial charge in [0.2, 0.25) is 5.91 Å². The van der Waals surface area contributed by atoms with Gasteiger partial charge < -0.3 is 15.2 Å². The molecule has 126 valence electrons. The molecule has 2 N–H and O–H groups in total. The number of nitrogens with two attached hydrogens (primary N) is 1. The summed E-state index contributed by atoms with van der Waals surface area (Å²) >= 11 is 0. The second-order valence-electron chi connectivity index (χ2n) is 6.97. The van der Waals surface area contributed by atoms with Crippen molar-refractivity contribution < 1.29 is 19.1 Å². The highest BCUT2D eigenvalue weighted by Gasteiger charge is 2.45. The van der Waals surface area contributed by atoms with E-state index in [2.05, 4.69) is 4.90 Å². The number of carbonyl (C=O) groups excluding carboxylic acids is 2. The Hall–Kier alpha value is -1.34. The van der Waals surface area contributed by atoms with Crippen LogP contribution in [-0.2, 0) is 14.3 Å². The molecule has 22 heavy (non-hydrogen) atoms. The molecule has 0 radical (unpaired) electrons. The van der Waals surface area contributed by atoms with Crippen molar-refractivity contribution in [2.75, 3.05) is 26.2 Å². The lowest BCUT2D eigenvalue weighted by atomic mass is 10.1. The lowest BCUT2D eigenvalue weighted by Crippen LogP contribution is -2.62. The summed E-state index contributed by atoms with van der Waals surface area (Å²) < 4.78 is 11.1. The van der Waals surface area contributed by atoms with E-state index < -0.39 is 23.6 Å². The van der Waals surface area contributed by atoms with Crippen LogP contribution in [-0.4, -0.2) is 71.8 Å². The maximum atomic E-state index is 12.4. The van der Waals surface area contributed by atoms with E-state index in [1.165, 1.54) is 4.90 Å². The third-order valence-corrected chi connectivity index (χ3v) is 4.04. The Morgan fingerprint density at radius 1 is 1.23 bits per heavy atom. The van der Waals surface area contributed by atoms with Gasteiger partial charge in [-0.25, -0.2) is 4.79 Å². The predicted octanol–water partition coefficient (Wildman–Crippen LogP) is 0.570. The fraction of sp³-hybridized carbons (Fsp3) is 0.867. The summed E-state index contributed by atoms with van der Waals surface area (Å²) in [6, 6.07) is -0.453. The number of piperazine rings is 1. The van der Waals surface area contributed by atoms with Crippen molar-refractivity contribution in [2.45, 2.75) is 57.9 Å². The summed E-state index contributed by atoms with van der Waals surface area (Å²) in [6.45, 7) is 9.74. The van der Waals surface area contributed by atoms with Crippen molar-refractivity contribution >= 4 is 12.0 Å². The van der Waals surface area contributed by atoms with E-state index in [4.69, 9.17) is 15.2 Å². The van der Waals surface area contributed by atoms with Gasteiger partial charge in [0.15, 0.2) is 0 Å². The molecular weight excluding hydrogens is 286 g/mol. The lowest BCUT2D eigenvalue weighted by Gasteiger charge is -2.42. The third kappa shape index (κ3) is 3.89. The minimum atomic E-state index is -0.647. The fourth-order valence-electron chi connectivity index (χ4n) is 3.15. The highest BCUT2D eigenvalue weighted by atomic mass is 16.6. The van der Waals surface area contributed by atoms with Gasteiger partial charge in [0, 0.05) is 32.3 Å². The number of rotatable bonds is 3. The zero-order valence-corrected chi connectivity index (χ0v) is 13.9. The van der Waals surface area contributed by atoms with Crippen molar-refractivity contribution in [1.29, 1.82) is 0 Å². The molecule has 0 bridgehead atoms. The first-order chi connectivity index (χ1) is 10.2. The van der Waals surface area contributed by atoms with Crippen molar-refractivity contribution in [3.8, 4) is 0 Å². The van der Waals surface area contributed by atoms with Crippen molar-refractivity contribution in [3.05, 3.63) is 0 Å². The van der Waals surface area contributed by atoms with E-state index in [0.717, 1.165) is 13.0 Å². The van der Waals surface area contributed by atoms with Crippen molar-refractivity contribution in [2.24, 2.45) is 5.73 Å². The fourth-order valence-corrected chi connectivity index (χ4v) is 3.15. The first-order valence-electron chi connectivity index (χ1n) is 7.86. The second-order valence-corrected chi connectivity index (χ2v) is 6.97. The smallest absolute Gasteiger partial charge is 0.411 e. The third-order valence-electron chi connectivity index (χ3n) is 4.04. The number of primary amides is 1. The molecule has 0 aliphatic carbocycles. The van der Waals surface area contributed by atoms with Crippen LogP contribution in [0.2, 0.25) is 0 Å². The average Bonchev–Trinajstić information content (AvgIpc) is 2.76. The van der Waals surface area contributed by atoms with Gasteiger partial charge in [-0.15, -0.1) is 0 Å². The zero-order valence-electron chi connectivity index (χ0n) is 13.9. The van der Waals surface area contributed by atoms with Gasteiger partial charge in [-0.1, -0.05) is 0 Å². The Labute approximate surface area is 131 Å². The second kappa shape index (κ2) is 6.42. The molecule has 0 saturated carbocycles. The molecule has 2 fully saturated rings. The summed E-state index contributed by atoms with van der Waals surface area (Å²) in [5.74, 6) is -0.496. The van der Waals surface area contributed by atoms with Crippen LogP contribution in [0.1, 0.15) is 34.1 Å². The summed E-state index contributed by atoms with van der Waals surface area (Å²) in [7, 11) is 0. The standard InChI is InChI=1S/C15H27N3O4/c1-5-21-11-6-10-7-18(14(20)22-15(2,3)4)12(13(16)19)9-17(10)8-11/h10-12H,5-9H2,1-4H3,(H2,16,19)/t10-,11-,12+/m1/s1. The number of hydrogen-bond donors (Lipinski definition) is 1. The van der Waals surface area contributed by atoms with Crippen LogP contribution in [0.15, 0.2) is 0 Å². The van der Waals surface area contributed by atoms with E-state index in [9.17, 15) is 9.59 Å². The molecule has 0 unspecified atom stereocenters. The van der Waals surface area contributed by atoms with Gasteiger partial charge in [0.25, 0.3) is 0 Å². The van der Waals surface area contributed by atoms with E-state index in [1.54, 1.807) is 20.8 Å². The van der Waals surface area contributed by atoms with Crippen LogP contribution < -0.4 is 5.73 Å². The molecule has 2 aliphatic heterocycles. The Balaban J connectivity index is 2.09. The molecule has 0 spiro atoms. The minimum Gasteiger partial charge on any atom is -0.444 e. The maximum Gasteiger partial charge on any atom is 0.411 e. The number of amides is 2. The quantitative estimate of drug-likeness (QED) is 0.823. The van der Waals surface area contributed by atoms with Crippen LogP contribution in [0.4, 0.5) is 4.79 Å². The van der Waals surface area contributed by atoms with Crippen molar-refractivity contribution in [3.63, 3.8) is 0 Å². The summed E-state index contributed by atoms with van der Waals surface area (Å²) in [5, 5.41) is 0. The van der Waals surface area contributed by atoms with Gasteiger partial charge in [-0.2, -0.15) is 0 Å². The summed E-state index contributed by atoms with van der Waals surface area (Å²) in [5.41, 5.74) is 4.89. The van der Waals surface area contributed by atoms with Crippen LogP contribution in [0.5, 0.6) is 0 Å². The Morgan fingerprint density at radius 3 is 2.45 bits per heavy atom. The largest absolute Gasteiger partial charge is 0.444 e. The Morgan fingerprint density at radius 2 is 1.91 bits per heavy atom. The lowest BCUT2D eigenvalue weighted by molar-refractivity contribution is -0.126. The van der Waals surface area contributed by atoms with Gasteiger partial charge in [0.05, 0.1) is 6.10 Å². The first-order valence-corrected chi connectivity index (χ1v) is 7.86. The topological polar surface area (TPSA) is 85.1 Å². The van der Waals surface area contributed by atoms with Gasteiger partial charge in [-0.05, 0) is 34.1 Å². The van der Waals surface area contributed by atoms with Crippen molar-refractivity contribution in [1.82, 2.24) is 9.80 Å². The highest BCUT2D eigenvalue weighted by molar-refractivity contribution is 5.85. The molecule has 2 heterocycles. The number of ether oxygens (including phenoxy) is 2. The zero-order chi connectivity index (χ0) is 16.5. The van der Waals surface area contributed by atoms with Gasteiger partial charge >= 0.3 is 6.09 Å². The maximum absolute atomic E-state index is 12.4. The van der Waals surface area contributed by atoms with Gasteiger partial charge in [-0.3, -0.25) is 14.6 Å². The molecule has 7 heteroatoms. The number of hydrogen-bond acceptors (Lipinski definition) is 5. The minimum absolute atomic E-state index is 0.155. The van der Waals surface area contributed by atoms with E-state index >= 15 is 0 Å². The average molecular weight is 313 g/mol. The molecule has 2 amide bonds. The van der Waals surface area contributed by atoms with Crippen LogP contribution in [0, 0.1) is 0 Å². The monoisotopic (exact) mass is 313 g/mol.